The maximum absolute atomic E-state index is 13.7. The van der Waals surface area contributed by atoms with Crippen molar-refractivity contribution in [2.75, 3.05) is 44.4 Å². The Hall–Kier alpha value is -3.10. The molecule has 7 nitrogen and oxygen atoms in total. The highest BCUT2D eigenvalue weighted by atomic mass is 32.2. The van der Waals surface area contributed by atoms with Crippen LogP contribution in [0.4, 0.5) is 5.82 Å². The Labute approximate surface area is 230 Å². The molecule has 0 bridgehead atoms. The number of carbonyl (C=O) groups excluding carboxylic acids is 2. The number of hydrogen-bond acceptors (Lipinski definition) is 5. The molecule has 4 rings (SSSR count). The summed E-state index contributed by atoms with van der Waals surface area (Å²) in [4.78, 5) is 30.5. The Morgan fingerprint density at radius 1 is 1.13 bits per heavy atom. The molecule has 0 saturated carbocycles. The maximum atomic E-state index is 13.7. The van der Waals surface area contributed by atoms with Crippen LogP contribution in [0.2, 0.25) is 0 Å². The number of nitrogens with one attached hydrogen (secondary N) is 1. The van der Waals surface area contributed by atoms with Gasteiger partial charge in [-0.05, 0) is 56.8 Å². The molecule has 0 unspecified atom stereocenters. The molecule has 0 saturated heterocycles. The summed E-state index contributed by atoms with van der Waals surface area (Å²) in [5.74, 6) is 0.687. The van der Waals surface area contributed by atoms with Gasteiger partial charge in [0.15, 0.2) is 0 Å². The standard InChI is InChI=1S/C30H39N5O2S/c1-20-11-10-13-22(17-20)35-29-26(28(32-35)30(3,4)5)27(23-14-9-8-12-21(23)2)38-19-25(37)34(29)18-24(36)31-15-16-33(6)7/h8-14,17,27H,15-16,18-19H2,1-7H3,(H,31,36)/t27-/m1/s1. The topological polar surface area (TPSA) is 70.5 Å². The van der Waals surface area contributed by atoms with Gasteiger partial charge in [-0.25, -0.2) is 4.68 Å². The molecule has 2 heterocycles. The summed E-state index contributed by atoms with van der Waals surface area (Å²) in [5.41, 5.74) is 5.96. The minimum Gasteiger partial charge on any atom is -0.353 e. The molecule has 1 aromatic heterocycles. The van der Waals surface area contributed by atoms with Crippen molar-refractivity contribution in [1.29, 1.82) is 0 Å². The van der Waals surface area contributed by atoms with Crippen LogP contribution in [0.15, 0.2) is 48.5 Å². The molecule has 1 aliphatic heterocycles. The quantitative estimate of drug-likeness (QED) is 0.479. The summed E-state index contributed by atoms with van der Waals surface area (Å²) in [6.07, 6.45) is 0. The van der Waals surface area contributed by atoms with Crippen LogP contribution >= 0.6 is 11.8 Å². The van der Waals surface area contributed by atoms with Gasteiger partial charge in [-0.15, -0.1) is 11.8 Å². The minimum absolute atomic E-state index is 0.0542. The number of hydrogen-bond donors (Lipinski definition) is 1. The molecule has 3 aromatic rings. The first-order chi connectivity index (χ1) is 18.0. The highest BCUT2D eigenvalue weighted by Crippen LogP contribution is 2.49. The van der Waals surface area contributed by atoms with Crippen LogP contribution in [0.1, 0.15) is 54.0 Å². The first-order valence-electron chi connectivity index (χ1n) is 13.1. The second-order valence-electron chi connectivity index (χ2n) is 11.3. The van der Waals surface area contributed by atoms with E-state index in [1.54, 1.807) is 16.7 Å². The normalized spacial score (nSPS) is 15.9. The predicted octanol–water partition coefficient (Wildman–Crippen LogP) is 4.63. The zero-order chi connectivity index (χ0) is 27.6. The van der Waals surface area contributed by atoms with E-state index in [9.17, 15) is 9.59 Å². The van der Waals surface area contributed by atoms with Crippen molar-refractivity contribution >= 4 is 29.4 Å². The first kappa shape index (κ1) is 27.9. The van der Waals surface area contributed by atoms with Crippen molar-refractivity contribution < 1.29 is 9.59 Å². The number of fused-ring (bicyclic) bond motifs is 1. The molecule has 2 aromatic carbocycles. The lowest BCUT2D eigenvalue weighted by molar-refractivity contribution is -0.122. The molecule has 1 atom stereocenters. The summed E-state index contributed by atoms with van der Waals surface area (Å²) < 4.78 is 1.88. The Balaban J connectivity index is 1.94. The van der Waals surface area contributed by atoms with Gasteiger partial charge >= 0.3 is 0 Å². The average Bonchev–Trinajstić information content (AvgIpc) is 3.18. The van der Waals surface area contributed by atoms with Crippen LogP contribution in [0.25, 0.3) is 5.69 Å². The van der Waals surface area contributed by atoms with Crippen molar-refractivity contribution in [3.63, 3.8) is 0 Å². The van der Waals surface area contributed by atoms with Crippen LogP contribution < -0.4 is 10.2 Å². The summed E-state index contributed by atoms with van der Waals surface area (Å²) >= 11 is 1.61. The van der Waals surface area contributed by atoms with Crippen LogP contribution in [-0.2, 0) is 15.0 Å². The molecule has 8 heteroatoms. The van der Waals surface area contributed by atoms with Crippen LogP contribution in [0.5, 0.6) is 0 Å². The molecule has 2 amide bonds. The fraction of sp³-hybridized carbons (Fsp3) is 0.433. The van der Waals surface area contributed by atoms with Crippen LogP contribution in [-0.4, -0.2) is 66.0 Å². The number of thioether (sulfide) groups is 1. The third-order valence-electron chi connectivity index (χ3n) is 6.70. The van der Waals surface area contributed by atoms with Crippen LogP contribution in [0.3, 0.4) is 0 Å². The summed E-state index contributed by atoms with van der Waals surface area (Å²) in [7, 11) is 3.93. The minimum atomic E-state index is -0.284. The molecule has 0 fully saturated rings. The van der Waals surface area contributed by atoms with E-state index >= 15 is 0 Å². The number of benzene rings is 2. The van der Waals surface area contributed by atoms with Gasteiger partial charge in [0.2, 0.25) is 11.8 Å². The van der Waals surface area contributed by atoms with Gasteiger partial charge in [-0.1, -0.05) is 57.2 Å². The highest BCUT2D eigenvalue weighted by Gasteiger charge is 2.40. The van der Waals surface area contributed by atoms with Gasteiger partial charge in [-0.2, -0.15) is 5.10 Å². The Morgan fingerprint density at radius 2 is 1.87 bits per heavy atom. The summed E-state index contributed by atoms with van der Waals surface area (Å²) in [6, 6.07) is 16.5. The predicted molar refractivity (Wildman–Crippen MR) is 156 cm³/mol. The number of rotatable bonds is 7. The molecule has 202 valence electrons. The van der Waals surface area contributed by atoms with Gasteiger partial charge < -0.3 is 10.2 Å². The smallest absolute Gasteiger partial charge is 0.240 e. The van der Waals surface area contributed by atoms with Gasteiger partial charge in [0.25, 0.3) is 0 Å². The van der Waals surface area contributed by atoms with Crippen LogP contribution in [0, 0.1) is 13.8 Å². The zero-order valence-corrected chi connectivity index (χ0v) is 24.4. The first-order valence-corrected chi connectivity index (χ1v) is 14.1. The lowest BCUT2D eigenvalue weighted by Crippen LogP contribution is -2.43. The van der Waals surface area contributed by atoms with E-state index < -0.39 is 0 Å². The molecule has 1 aliphatic rings. The average molecular weight is 534 g/mol. The Morgan fingerprint density at radius 3 is 2.53 bits per heavy atom. The number of nitrogens with zero attached hydrogens (tertiary/aromatic N) is 4. The fourth-order valence-corrected chi connectivity index (χ4v) is 6.05. The third-order valence-corrected chi connectivity index (χ3v) is 7.94. The van der Waals surface area contributed by atoms with Crippen molar-refractivity contribution in [2.24, 2.45) is 0 Å². The Bertz CT molecular complexity index is 1320. The molecular formula is C30H39N5O2S. The maximum Gasteiger partial charge on any atom is 0.240 e. The van der Waals surface area contributed by atoms with Crippen molar-refractivity contribution in [1.82, 2.24) is 20.0 Å². The van der Waals surface area contributed by atoms with Gasteiger partial charge in [-0.3, -0.25) is 14.5 Å². The number of amides is 2. The second kappa shape index (κ2) is 11.3. The molecule has 1 N–H and O–H groups in total. The van der Waals surface area contributed by atoms with Gasteiger partial charge in [0.05, 0.1) is 22.4 Å². The number of aryl methyl sites for hydroxylation is 2. The number of carbonyl (C=O) groups is 2. The second-order valence-corrected chi connectivity index (χ2v) is 12.4. The number of anilines is 1. The lowest BCUT2D eigenvalue weighted by Gasteiger charge is -2.25. The van der Waals surface area contributed by atoms with Crippen molar-refractivity contribution in [2.45, 2.75) is 45.3 Å². The molecule has 0 spiro atoms. The molecule has 38 heavy (non-hydrogen) atoms. The van der Waals surface area contributed by atoms with E-state index in [1.807, 2.05) is 60.9 Å². The lowest BCUT2D eigenvalue weighted by atomic mass is 9.86. The monoisotopic (exact) mass is 533 g/mol. The van der Waals surface area contributed by atoms with E-state index in [0.29, 0.717) is 12.4 Å². The SMILES string of the molecule is Cc1cccc(-n2nc(C(C)(C)C)c3c2N(CC(=O)NCCN(C)C)C(=O)CS[C@@H]3c2ccccc2C)c1. The summed E-state index contributed by atoms with van der Waals surface area (Å²) in [5, 5.41) is 8.06. The number of aromatic nitrogens is 2. The highest BCUT2D eigenvalue weighted by molar-refractivity contribution is 8.00. The van der Waals surface area contributed by atoms with E-state index in [0.717, 1.165) is 34.6 Å². The third kappa shape index (κ3) is 5.97. The van der Waals surface area contributed by atoms with E-state index in [2.05, 4.69) is 51.2 Å². The van der Waals surface area contributed by atoms with E-state index in [1.165, 1.54) is 5.56 Å². The Kier molecular flexibility index (Phi) is 8.33. The molecule has 0 radical (unpaired) electrons. The van der Waals surface area contributed by atoms with Crippen molar-refractivity contribution in [3.8, 4) is 5.69 Å². The number of likely N-dealkylation sites (N-methyl/N-ethyl adjacent to an activating group) is 1. The van der Waals surface area contributed by atoms with Gasteiger partial charge in [0, 0.05) is 24.1 Å². The van der Waals surface area contributed by atoms with E-state index in [4.69, 9.17) is 5.10 Å². The fourth-order valence-electron chi connectivity index (χ4n) is 4.76. The molecule has 0 aliphatic carbocycles. The largest absolute Gasteiger partial charge is 0.353 e. The zero-order valence-electron chi connectivity index (χ0n) is 23.5. The van der Waals surface area contributed by atoms with Gasteiger partial charge in [0.1, 0.15) is 12.4 Å². The van der Waals surface area contributed by atoms with Crippen molar-refractivity contribution in [3.05, 3.63) is 76.5 Å². The molecular weight excluding hydrogens is 494 g/mol. The summed E-state index contributed by atoms with van der Waals surface area (Å²) in [6.45, 7) is 11.8. The van der Waals surface area contributed by atoms with E-state index in [-0.39, 0.29) is 34.8 Å².